The van der Waals surface area contributed by atoms with Gasteiger partial charge in [-0.3, -0.25) is 10.1 Å². The summed E-state index contributed by atoms with van der Waals surface area (Å²) in [6.07, 6.45) is 0. The van der Waals surface area contributed by atoms with Crippen LogP contribution in [0.25, 0.3) is 0 Å². The number of nitro benzene ring substituents is 1. The molecule has 0 spiro atoms. The van der Waals surface area contributed by atoms with E-state index in [0.29, 0.717) is 0 Å². The van der Waals surface area contributed by atoms with Crippen LogP contribution in [0.3, 0.4) is 0 Å². The van der Waals surface area contributed by atoms with E-state index in [-0.39, 0.29) is 10.6 Å². The van der Waals surface area contributed by atoms with E-state index in [1.54, 1.807) is 13.0 Å². The van der Waals surface area contributed by atoms with Gasteiger partial charge in [0.2, 0.25) is 0 Å². The molecule has 1 heterocycles. The lowest BCUT2D eigenvalue weighted by Gasteiger charge is -2.35. The fourth-order valence-electron chi connectivity index (χ4n) is 2.36. The van der Waals surface area contributed by atoms with Crippen LogP contribution in [0.5, 0.6) is 0 Å². The van der Waals surface area contributed by atoms with Crippen LogP contribution in [0.2, 0.25) is 0 Å². The van der Waals surface area contributed by atoms with E-state index in [1.165, 1.54) is 0 Å². The van der Waals surface area contributed by atoms with Gasteiger partial charge in [-0.15, -0.1) is 0 Å². The predicted octanol–water partition coefficient (Wildman–Crippen LogP) is 2.05. The third kappa shape index (κ3) is 2.61. The van der Waals surface area contributed by atoms with Crippen molar-refractivity contribution in [1.82, 2.24) is 4.90 Å². The molecule has 0 aromatic heterocycles. The van der Waals surface area contributed by atoms with Gasteiger partial charge >= 0.3 is 0 Å². The van der Waals surface area contributed by atoms with Crippen molar-refractivity contribution in [3.05, 3.63) is 33.9 Å². The molecule has 0 N–H and O–H groups in total. The van der Waals surface area contributed by atoms with Crippen molar-refractivity contribution < 1.29 is 4.92 Å². The lowest BCUT2D eigenvalue weighted by atomic mass is 10.1. The maximum atomic E-state index is 10.8. The summed E-state index contributed by atoms with van der Waals surface area (Å²) in [4.78, 5) is 15.2. The normalized spacial score (nSPS) is 16.9. The smallest absolute Gasteiger partial charge is 0.272 e. The van der Waals surface area contributed by atoms with Crippen molar-refractivity contribution in [2.45, 2.75) is 13.8 Å². The quantitative estimate of drug-likeness (QED) is 0.607. The Bertz CT molecular complexity index is 440. The zero-order valence-corrected chi connectivity index (χ0v) is 10.9. The number of aryl methyl sites for hydroxylation is 1. The first-order valence-corrected chi connectivity index (χ1v) is 6.34. The average Bonchev–Trinajstić information content (AvgIpc) is 2.38. The van der Waals surface area contributed by atoms with Crippen molar-refractivity contribution in [2.75, 3.05) is 37.6 Å². The highest BCUT2D eigenvalue weighted by molar-refractivity contribution is 5.55. The number of anilines is 1. The van der Waals surface area contributed by atoms with Crippen molar-refractivity contribution in [2.24, 2.45) is 0 Å². The van der Waals surface area contributed by atoms with Crippen LogP contribution in [0.15, 0.2) is 18.2 Å². The summed E-state index contributed by atoms with van der Waals surface area (Å²) in [5.41, 5.74) is 2.02. The van der Waals surface area contributed by atoms with Gasteiger partial charge in [-0.05, 0) is 25.6 Å². The molecule has 5 nitrogen and oxygen atoms in total. The molecule has 5 heteroatoms. The number of hydrogen-bond donors (Lipinski definition) is 0. The summed E-state index contributed by atoms with van der Waals surface area (Å²) in [6, 6.07) is 5.38. The molecular weight excluding hydrogens is 230 g/mol. The molecule has 1 aromatic carbocycles. The fraction of sp³-hybridized carbons (Fsp3) is 0.538. The molecule has 1 aliphatic rings. The number of nitrogens with zero attached hydrogens (tertiary/aromatic N) is 3. The Morgan fingerprint density at radius 1 is 1.28 bits per heavy atom. The van der Waals surface area contributed by atoms with Gasteiger partial charge in [0.05, 0.1) is 4.92 Å². The Morgan fingerprint density at radius 3 is 2.44 bits per heavy atom. The highest BCUT2D eigenvalue weighted by Crippen LogP contribution is 2.24. The van der Waals surface area contributed by atoms with Gasteiger partial charge in [-0.25, -0.2) is 0 Å². The van der Waals surface area contributed by atoms with Crippen LogP contribution in [0, 0.1) is 17.0 Å². The number of rotatable bonds is 3. The van der Waals surface area contributed by atoms with Gasteiger partial charge < -0.3 is 9.80 Å². The van der Waals surface area contributed by atoms with Crippen molar-refractivity contribution in [1.29, 1.82) is 0 Å². The molecule has 2 rings (SSSR count). The van der Waals surface area contributed by atoms with E-state index in [2.05, 4.69) is 16.7 Å². The molecule has 0 saturated carbocycles. The van der Waals surface area contributed by atoms with Crippen LogP contribution in [-0.2, 0) is 0 Å². The number of benzene rings is 1. The van der Waals surface area contributed by atoms with Crippen LogP contribution in [-0.4, -0.2) is 42.5 Å². The van der Waals surface area contributed by atoms with Gasteiger partial charge in [-0.2, -0.15) is 0 Å². The van der Waals surface area contributed by atoms with E-state index in [9.17, 15) is 10.1 Å². The van der Waals surface area contributed by atoms with Crippen LogP contribution in [0.4, 0.5) is 11.4 Å². The van der Waals surface area contributed by atoms with Gasteiger partial charge in [0.15, 0.2) is 0 Å². The summed E-state index contributed by atoms with van der Waals surface area (Å²) < 4.78 is 0. The largest absolute Gasteiger partial charge is 0.369 e. The highest BCUT2D eigenvalue weighted by atomic mass is 16.6. The second-order valence-electron chi connectivity index (χ2n) is 4.65. The summed E-state index contributed by atoms with van der Waals surface area (Å²) in [5, 5.41) is 10.8. The SMILES string of the molecule is CCN1CCN(c2ccc([N+](=O)[O-])c(C)c2)CC1. The van der Waals surface area contributed by atoms with Gasteiger partial charge in [0.25, 0.3) is 5.69 Å². The molecule has 0 bridgehead atoms. The molecule has 0 amide bonds. The Balaban J connectivity index is 2.11. The molecule has 1 fully saturated rings. The van der Waals surface area contributed by atoms with Gasteiger partial charge in [0.1, 0.15) is 0 Å². The van der Waals surface area contributed by atoms with Crippen molar-refractivity contribution in [3.63, 3.8) is 0 Å². The topological polar surface area (TPSA) is 49.6 Å². The first-order valence-electron chi connectivity index (χ1n) is 6.34. The lowest BCUT2D eigenvalue weighted by Crippen LogP contribution is -2.46. The van der Waals surface area contributed by atoms with Crippen LogP contribution >= 0.6 is 0 Å². The minimum absolute atomic E-state index is 0.200. The number of likely N-dealkylation sites (N-methyl/N-ethyl adjacent to an activating group) is 1. The maximum absolute atomic E-state index is 10.8. The molecule has 18 heavy (non-hydrogen) atoms. The zero-order chi connectivity index (χ0) is 13.1. The molecule has 0 atom stereocenters. The summed E-state index contributed by atoms with van der Waals surface area (Å²) in [5.74, 6) is 0. The Kier molecular flexibility index (Phi) is 3.81. The highest BCUT2D eigenvalue weighted by Gasteiger charge is 2.18. The number of hydrogen-bond acceptors (Lipinski definition) is 4. The van der Waals surface area contributed by atoms with Crippen LogP contribution < -0.4 is 4.90 Å². The first-order chi connectivity index (χ1) is 8.61. The third-order valence-corrected chi connectivity index (χ3v) is 3.56. The summed E-state index contributed by atoms with van der Waals surface area (Å²) in [7, 11) is 0. The zero-order valence-electron chi connectivity index (χ0n) is 10.9. The molecule has 1 saturated heterocycles. The first kappa shape index (κ1) is 12.8. The maximum Gasteiger partial charge on any atom is 0.272 e. The van der Waals surface area contributed by atoms with E-state index < -0.39 is 0 Å². The number of nitro groups is 1. The molecular formula is C13H19N3O2. The molecule has 98 valence electrons. The van der Waals surface area contributed by atoms with E-state index >= 15 is 0 Å². The average molecular weight is 249 g/mol. The van der Waals surface area contributed by atoms with E-state index in [4.69, 9.17) is 0 Å². The monoisotopic (exact) mass is 249 g/mol. The summed E-state index contributed by atoms with van der Waals surface area (Å²) in [6.45, 7) is 9.16. The number of piperazine rings is 1. The minimum atomic E-state index is -0.325. The summed E-state index contributed by atoms with van der Waals surface area (Å²) >= 11 is 0. The van der Waals surface area contributed by atoms with Gasteiger partial charge in [0, 0.05) is 43.5 Å². The Hall–Kier alpha value is -1.62. The Labute approximate surface area is 107 Å². The van der Waals surface area contributed by atoms with Gasteiger partial charge in [-0.1, -0.05) is 6.92 Å². The van der Waals surface area contributed by atoms with E-state index in [0.717, 1.165) is 44.0 Å². The van der Waals surface area contributed by atoms with Crippen LogP contribution in [0.1, 0.15) is 12.5 Å². The molecule has 0 radical (unpaired) electrons. The third-order valence-electron chi connectivity index (χ3n) is 3.56. The van der Waals surface area contributed by atoms with Crippen molar-refractivity contribution >= 4 is 11.4 Å². The van der Waals surface area contributed by atoms with E-state index in [1.807, 2.05) is 12.1 Å². The van der Waals surface area contributed by atoms with Crippen molar-refractivity contribution in [3.8, 4) is 0 Å². The molecule has 0 unspecified atom stereocenters. The molecule has 1 aliphatic heterocycles. The predicted molar refractivity (Wildman–Crippen MR) is 72.2 cm³/mol. The second kappa shape index (κ2) is 5.35. The second-order valence-corrected chi connectivity index (χ2v) is 4.65. The Morgan fingerprint density at radius 2 is 1.94 bits per heavy atom. The molecule has 0 aliphatic carbocycles. The molecule has 1 aromatic rings. The standard InChI is InChI=1S/C13H19N3O2/c1-3-14-6-8-15(9-7-14)12-4-5-13(16(17)18)11(2)10-12/h4-5,10H,3,6-9H2,1-2H3. The lowest BCUT2D eigenvalue weighted by molar-refractivity contribution is -0.385. The fourth-order valence-corrected chi connectivity index (χ4v) is 2.36. The minimum Gasteiger partial charge on any atom is -0.369 e.